The minimum absolute atomic E-state index is 0.174. The Morgan fingerprint density at radius 2 is 2.05 bits per heavy atom. The molecule has 0 spiro atoms. The van der Waals surface area contributed by atoms with Gasteiger partial charge < -0.3 is 15.8 Å². The van der Waals surface area contributed by atoms with E-state index in [2.05, 4.69) is 5.32 Å². The average Bonchev–Trinajstić information content (AvgIpc) is 2.43. The van der Waals surface area contributed by atoms with Crippen LogP contribution in [0.1, 0.15) is 15.9 Å². The van der Waals surface area contributed by atoms with Gasteiger partial charge in [-0.3, -0.25) is 4.79 Å². The van der Waals surface area contributed by atoms with Gasteiger partial charge in [0.05, 0.1) is 18.5 Å². The standard InChI is InChI=1S/C15H15FN2O2/c1-9-4-3-5-11(16)14(9)18-15(19)10-6-7-12(17)13(8-10)20-2/h3-8H,17H2,1-2H3,(H,18,19). The third-order valence-electron chi connectivity index (χ3n) is 2.96. The van der Waals surface area contributed by atoms with E-state index in [1.54, 1.807) is 31.2 Å². The number of anilines is 2. The lowest BCUT2D eigenvalue weighted by atomic mass is 10.1. The second kappa shape index (κ2) is 5.61. The van der Waals surface area contributed by atoms with Crippen LogP contribution in [-0.2, 0) is 0 Å². The van der Waals surface area contributed by atoms with E-state index in [1.807, 2.05) is 0 Å². The lowest BCUT2D eigenvalue weighted by Crippen LogP contribution is -2.14. The molecule has 4 nitrogen and oxygen atoms in total. The molecule has 0 aliphatic heterocycles. The zero-order valence-electron chi connectivity index (χ0n) is 11.2. The second-order valence-corrected chi connectivity index (χ2v) is 4.34. The van der Waals surface area contributed by atoms with E-state index in [-0.39, 0.29) is 5.69 Å². The maximum atomic E-state index is 13.7. The molecule has 0 bridgehead atoms. The number of halogens is 1. The van der Waals surface area contributed by atoms with Crippen molar-refractivity contribution in [3.63, 3.8) is 0 Å². The first-order valence-corrected chi connectivity index (χ1v) is 6.03. The molecular formula is C15H15FN2O2. The molecule has 3 N–H and O–H groups in total. The Hall–Kier alpha value is -2.56. The monoisotopic (exact) mass is 274 g/mol. The van der Waals surface area contributed by atoms with Crippen LogP contribution in [0.25, 0.3) is 0 Å². The molecule has 0 fully saturated rings. The number of ether oxygens (including phenoxy) is 1. The van der Waals surface area contributed by atoms with Gasteiger partial charge in [0.2, 0.25) is 0 Å². The lowest BCUT2D eigenvalue weighted by Gasteiger charge is -2.11. The van der Waals surface area contributed by atoms with E-state index >= 15 is 0 Å². The number of methoxy groups -OCH3 is 1. The van der Waals surface area contributed by atoms with E-state index < -0.39 is 11.7 Å². The van der Waals surface area contributed by atoms with Gasteiger partial charge in [0.1, 0.15) is 11.6 Å². The quantitative estimate of drug-likeness (QED) is 0.846. The minimum Gasteiger partial charge on any atom is -0.495 e. The Morgan fingerprint density at radius 1 is 1.30 bits per heavy atom. The average molecular weight is 274 g/mol. The summed E-state index contributed by atoms with van der Waals surface area (Å²) in [5.41, 5.74) is 7.29. The predicted octanol–water partition coefficient (Wildman–Crippen LogP) is 2.98. The number of rotatable bonds is 3. The Balaban J connectivity index is 2.29. The van der Waals surface area contributed by atoms with Crippen LogP contribution in [0.2, 0.25) is 0 Å². The fraction of sp³-hybridized carbons (Fsp3) is 0.133. The molecule has 0 heterocycles. The molecule has 0 unspecified atom stereocenters. The fourth-order valence-corrected chi connectivity index (χ4v) is 1.83. The predicted molar refractivity (Wildman–Crippen MR) is 76.5 cm³/mol. The highest BCUT2D eigenvalue weighted by Crippen LogP contribution is 2.24. The molecule has 2 aromatic rings. The number of hydrogen-bond acceptors (Lipinski definition) is 3. The van der Waals surface area contributed by atoms with Gasteiger partial charge in [0, 0.05) is 5.56 Å². The van der Waals surface area contributed by atoms with Crippen LogP contribution in [0.4, 0.5) is 15.8 Å². The summed E-state index contributed by atoms with van der Waals surface area (Å²) in [5.74, 6) is -0.486. The van der Waals surface area contributed by atoms with Crippen LogP contribution in [0, 0.1) is 12.7 Å². The number of amides is 1. The van der Waals surface area contributed by atoms with Crippen molar-refractivity contribution in [2.24, 2.45) is 0 Å². The number of carbonyl (C=O) groups excluding carboxylic acids is 1. The van der Waals surface area contributed by atoms with Crippen LogP contribution in [0.5, 0.6) is 5.75 Å². The third-order valence-corrected chi connectivity index (χ3v) is 2.96. The van der Waals surface area contributed by atoms with Crippen LogP contribution in [-0.4, -0.2) is 13.0 Å². The molecule has 5 heteroatoms. The summed E-state index contributed by atoms with van der Waals surface area (Å²) in [6.07, 6.45) is 0. The maximum absolute atomic E-state index is 13.7. The zero-order chi connectivity index (χ0) is 14.7. The number of aryl methyl sites for hydroxylation is 1. The van der Waals surface area contributed by atoms with Crippen LogP contribution in [0.3, 0.4) is 0 Å². The topological polar surface area (TPSA) is 64.3 Å². The first-order chi connectivity index (χ1) is 9.52. The molecule has 104 valence electrons. The van der Waals surface area contributed by atoms with Crippen molar-refractivity contribution >= 4 is 17.3 Å². The van der Waals surface area contributed by atoms with Gasteiger partial charge in [0.15, 0.2) is 0 Å². The van der Waals surface area contributed by atoms with Crippen molar-refractivity contribution in [1.82, 2.24) is 0 Å². The van der Waals surface area contributed by atoms with Gasteiger partial charge in [-0.25, -0.2) is 4.39 Å². The van der Waals surface area contributed by atoms with Crippen LogP contribution in [0.15, 0.2) is 36.4 Å². The number of para-hydroxylation sites is 1. The van der Waals surface area contributed by atoms with E-state index in [1.165, 1.54) is 19.2 Å². The molecule has 2 rings (SSSR count). The van der Waals surface area contributed by atoms with Crippen LogP contribution >= 0.6 is 0 Å². The van der Waals surface area contributed by atoms with Gasteiger partial charge in [-0.2, -0.15) is 0 Å². The highest BCUT2D eigenvalue weighted by atomic mass is 19.1. The summed E-state index contributed by atoms with van der Waals surface area (Å²) >= 11 is 0. The Bertz CT molecular complexity index is 636. The summed E-state index contributed by atoms with van der Waals surface area (Å²) in [7, 11) is 1.47. The summed E-state index contributed by atoms with van der Waals surface area (Å²) in [6, 6.07) is 9.26. The summed E-state index contributed by atoms with van der Waals surface area (Å²) in [5, 5.41) is 2.56. The SMILES string of the molecule is COc1cc(C(=O)Nc2c(C)cccc2F)ccc1N. The molecule has 2 aromatic carbocycles. The molecule has 0 radical (unpaired) electrons. The Kier molecular flexibility index (Phi) is 3.89. The number of hydrogen-bond donors (Lipinski definition) is 2. The molecule has 0 aromatic heterocycles. The van der Waals surface area contributed by atoms with Crippen molar-refractivity contribution in [3.05, 3.63) is 53.3 Å². The van der Waals surface area contributed by atoms with Crippen molar-refractivity contribution in [2.45, 2.75) is 6.92 Å². The number of nitrogen functional groups attached to an aromatic ring is 1. The first kappa shape index (κ1) is 13.9. The maximum Gasteiger partial charge on any atom is 0.255 e. The highest BCUT2D eigenvalue weighted by Gasteiger charge is 2.12. The summed E-state index contributed by atoms with van der Waals surface area (Å²) < 4.78 is 18.7. The Labute approximate surface area is 116 Å². The molecule has 1 amide bonds. The van der Waals surface area contributed by atoms with Gasteiger partial charge in [-0.15, -0.1) is 0 Å². The van der Waals surface area contributed by atoms with Crippen molar-refractivity contribution < 1.29 is 13.9 Å². The zero-order valence-corrected chi connectivity index (χ0v) is 11.2. The van der Waals surface area contributed by atoms with Crippen molar-refractivity contribution in [1.29, 1.82) is 0 Å². The smallest absolute Gasteiger partial charge is 0.255 e. The Morgan fingerprint density at radius 3 is 2.70 bits per heavy atom. The van der Waals surface area contributed by atoms with E-state index in [0.717, 1.165) is 0 Å². The van der Waals surface area contributed by atoms with Gasteiger partial charge >= 0.3 is 0 Å². The number of nitrogens with two attached hydrogens (primary N) is 1. The number of carbonyl (C=O) groups is 1. The number of nitrogens with one attached hydrogen (secondary N) is 1. The third kappa shape index (κ3) is 2.71. The molecule has 0 aliphatic rings. The lowest BCUT2D eigenvalue weighted by molar-refractivity contribution is 0.102. The van der Waals surface area contributed by atoms with Gasteiger partial charge in [0.25, 0.3) is 5.91 Å². The molecular weight excluding hydrogens is 259 g/mol. The van der Waals surface area contributed by atoms with E-state index in [9.17, 15) is 9.18 Å². The molecule has 0 saturated heterocycles. The molecule has 0 atom stereocenters. The summed E-state index contributed by atoms with van der Waals surface area (Å²) in [4.78, 5) is 12.1. The summed E-state index contributed by atoms with van der Waals surface area (Å²) in [6.45, 7) is 1.72. The van der Waals surface area contributed by atoms with Crippen molar-refractivity contribution in [2.75, 3.05) is 18.2 Å². The second-order valence-electron chi connectivity index (χ2n) is 4.34. The van der Waals surface area contributed by atoms with E-state index in [4.69, 9.17) is 10.5 Å². The minimum atomic E-state index is -0.472. The molecule has 0 aliphatic carbocycles. The van der Waals surface area contributed by atoms with Gasteiger partial charge in [-0.05, 0) is 36.8 Å². The normalized spacial score (nSPS) is 10.2. The fourth-order valence-electron chi connectivity index (χ4n) is 1.83. The largest absolute Gasteiger partial charge is 0.495 e. The van der Waals surface area contributed by atoms with Crippen molar-refractivity contribution in [3.8, 4) is 5.75 Å². The van der Waals surface area contributed by atoms with E-state index in [0.29, 0.717) is 22.6 Å². The highest BCUT2D eigenvalue weighted by molar-refractivity contribution is 6.05. The number of benzene rings is 2. The first-order valence-electron chi connectivity index (χ1n) is 6.03. The van der Waals surface area contributed by atoms with Crippen LogP contribution < -0.4 is 15.8 Å². The molecule has 0 saturated carbocycles. The molecule has 20 heavy (non-hydrogen) atoms. The van der Waals surface area contributed by atoms with Gasteiger partial charge in [-0.1, -0.05) is 12.1 Å².